The monoisotopic (exact) mass is 471 g/mol. The number of pyridine rings is 1. The van der Waals surface area contributed by atoms with Crippen molar-refractivity contribution in [2.45, 2.75) is 65.0 Å². The van der Waals surface area contributed by atoms with Gasteiger partial charge < -0.3 is 15.8 Å². The molecule has 0 aliphatic heterocycles. The molecular weight excluding hydrogens is 434 g/mol. The van der Waals surface area contributed by atoms with Crippen LogP contribution in [0.4, 0.5) is 0 Å². The Labute approximate surface area is 208 Å². The van der Waals surface area contributed by atoms with Crippen LogP contribution in [0.3, 0.4) is 0 Å². The topological polar surface area (TPSA) is 77.2 Å². The molecule has 0 amide bonds. The van der Waals surface area contributed by atoms with E-state index in [-0.39, 0.29) is 17.6 Å². The number of allylic oxidation sites excluding steroid dienone is 2. The Kier molecular flexibility index (Phi) is 8.47. The molecule has 1 fully saturated rings. The van der Waals surface area contributed by atoms with Crippen molar-refractivity contribution in [2.24, 2.45) is 5.73 Å². The number of ether oxygens (including phenoxy) is 1. The van der Waals surface area contributed by atoms with E-state index >= 15 is 0 Å². The Morgan fingerprint density at radius 3 is 2.60 bits per heavy atom. The van der Waals surface area contributed by atoms with Crippen LogP contribution in [0.25, 0.3) is 23.9 Å². The molecule has 5 heteroatoms. The van der Waals surface area contributed by atoms with Gasteiger partial charge in [-0.15, -0.1) is 0 Å². The highest BCUT2D eigenvalue weighted by atomic mass is 16.5. The number of carbonyl (C=O) groups excluding carboxylic acids is 1. The van der Waals surface area contributed by atoms with E-state index in [1.807, 2.05) is 63.2 Å². The standard InChI is InChI=1S/C30H37N3O2/c1-7-23(29(34)35-26-14-16-30(6,31)17-15-26)18-25-19-24(13-12-20(25)3)22(5)28(32-8-2)27-11-9-10-21(4)33-27/h7-13,18-19,26,32H,2-3,14-17,31H2,1,4-6H3/b23-7+,25-18-,28-22+/t26-,30-. The van der Waals surface area contributed by atoms with E-state index in [1.165, 1.54) is 0 Å². The van der Waals surface area contributed by atoms with Crippen molar-refractivity contribution < 1.29 is 9.53 Å². The second kappa shape index (κ2) is 11.3. The van der Waals surface area contributed by atoms with Crippen molar-refractivity contribution in [3.05, 3.63) is 88.2 Å². The molecule has 1 saturated carbocycles. The maximum atomic E-state index is 12.9. The fraction of sp³-hybridized carbons (Fsp3) is 0.333. The van der Waals surface area contributed by atoms with E-state index in [4.69, 9.17) is 10.5 Å². The summed E-state index contributed by atoms with van der Waals surface area (Å²) in [5, 5.41) is 4.93. The van der Waals surface area contributed by atoms with Crippen molar-refractivity contribution in [1.29, 1.82) is 0 Å². The number of esters is 1. The van der Waals surface area contributed by atoms with Gasteiger partial charge in [0, 0.05) is 11.2 Å². The van der Waals surface area contributed by atoms with Gasteiger partial charge in [-0.3, -0.25) is 4.98 Å². The predicted octanol–water partition coefficient (Wildman–Crippen LogP) is 4.35. The highest BCUT2D eigenvalue weighted by Crippen LogP contribution is 2.28. The van der Waals surface area contributed by atoms with Gasteiger partial charge in [0.05, 0.1) is 17.0 Å². The second-order valence-corrected chi connectivity index (χ2v) is 9.57. The minimum absolute atomic E-state index is 0.0902. The molecule has 1 aliphatic carbocycles. The number of hydrogen-bond donors (Lipinski definition) is 2. The molecule has 0 unspecified atom stereocenters. The van der Waals surface area contributed by atoms with E-state index in [9.17, 15) is 4.79 Å². The molecule has 184 valence electrons. The first kappa shape index (κ1) is 26.2. The van der Waals surface area contributed by atoms with Crippen LogP contribution in [0.15, 0.2) is 60.8 Å². The molecule has 5 nitrogen and oxygen atoms in total. The van der Waals surface area contributed by atoms with Crippen LogP contribution in [0.5, 0.6) is 0 Å². The van der Waals surface area contributed by atoms with Crippen molar-refractivity contribution in [2.75, 3.05) is 0 Å². The van der Waals surface area contributed by atoms with E-state index in [0.29, 0.717) is 5.57 Å². The van der Waals surface area contributed by atoms with Gasteiger partial charge in [0.1, 0.15) is 6.10 Å². The van der Waals surface area contributed by atoms with Gasteiger partial charge in [-0.2, -0.15) is 0 Å². The normalized spacial score (nSPS) is 21.8. The molecule has 3 rings (SSSR count). The number of aryl methyl sites for hydroxylation is 1. The number of nitrogens with zero attached hydrogens (tertiary/aromatic N) is 1. The van der Waals surface area contributed by atoms with E-state index in [0.717, 1.165) is 64.3 Å². The maximum Gasteiger partial charge on any atom is 0.338 e. The van der Waals surface area contributed by atoms with Crippen LogP contribution in [0.2, 0.25) is 0 Å². The van der Waals surface area contributed by atoms with Crippen LogP contribution in [-0.2, 0) is 9.53 Å². The molecule has 1 aromatic carbocycles. The summed E-state index contributed by atoms with van der Waals surface area (Å²) >= 11 is 0. The van der Waals surface area contributed by atoms with Gasteiger partial charge in [-0.25, -0.2) is 4.79 Å². The van der Waals surface area contributed by atoms with Crippen LogP contribution < -0.4 is 21.5 Å². The third-order valence-electron chi connectivity index (χ3n) is 6.55. The van der Waals surface area contributed by atoms with E-state index < -0.39 is 0 Å². The first-order chi connectivity index (χ1) is 16.6. The molecule has 0 bridgehead atoms. The lowest BCUT2D eigenvalue weighted by molar-refractivity contribution is -0.145. The van der Waals surface area contributed by atoms with Crippen molar-refractivity contribution in [3.63, 3.8) is 0 Å². The molecule has 35 heavy (non-hydrogen) atoms. The maximum absolute atomic E-state index is 12.9. The molecule has 1 aromatic heterocycles. The Morgan fingerprint density at radius 2 is 1.97 bits per heavy atom. The van der Waals surface area contributed by atoms with Gasteiger partial charge in [-0.1, -0.05) is 37.4 Å². The summed E-state index contributed by atoms with van der Waals surface area (Å²) in [6.07, 6.45) is 8.49. The first-order valence-electron chi connectivity index (χ1n) is 12.1. The molecule has 0 spiro atoms. The molecule has 3 N–H and O–H groups in total. The average molecular weight is 472 g/mol. The fourth-order valence-corrected chi connectivity index (χ4v) is 4.28. The largest absolute Gasteiger partial charge is 0.459 e. The van der Waals surface area contributed by atoms with Gasteiger partial charge in [0.2, 0.25) is 0 Å². The summed E-state index contributed by atoms with van der Waals surface area (Å²) in [7, 11) is 0. The summed E-state index contributed by atoms with van der Waals surface area (Å²) in [6, 6.07) is 11.9. The van der Waals surface area contributed by atoms with Crippen LogP contribution in [0.1, 0.15) is 63.4 Å². The van der Waals surface area contributed by atoms with E-state index in [2.05, 4.69) is 30.4 Å². The molecule has 0 atom stereocenters. The molecule has 2 aromatic rings. The predicted molar refractivity (Wildman–Crippen MR) is 145 cm³/mol. The van der Waals surface area contributed by atoms with E-state index in [1.54, 1.807) is 12.3 Å². The van der Waals surface area contributed by atoms with Gasteiger partial charge >= 0.3 is 5.97 Å². The SMILES string of the molecule is C=CN/C(=C(\C)c1ccc(=C)/c(=C\C(=C/C)C(=O)O[C@H]2CC[C@](C)(N)CC2)c1)c1cccc(C)n1. The highest BCUT2D eigenvalue weighted by Gasteiger charge is 2.29. The summed E-state index contributed by atoms with van der Waals surface area (Å²) in [4.78, 5) is 17.6. The number of benzene rings is 1. The first-order valence-corrected chi connectivity index (χ1v) is 12.1. The number of rotatable bonds is 7. The third kappa shape index (κ3) is 6.80. The number of carbonyl (C=O) groups is 1. The lowest BCUT2D eigenvalue weighted by atomic mass is 9.83. The Morgan fingerprint density at radius 1 is 1.26 bits per heavy atom. The summed E-state index contributed by atoms with van der Waals surface area (Å²) in [6.45, 7) is 15.9. The number of aromatic nitrogens is 1. The van der Waals surface area contributed by atoms with Crippen LogP contribution in [0, 0.1) is 6.92 Å². The average Bonchev–Trinajstić information content (AvgIpc) is 2.82. The summed E-state index contributed by atoms with van der Waals surface area (Å²) < 4.78 is 5.81. The number of nitrogens with two attached hydrogens (primary N) is 1. The zero-order valence-electron chi connectivity index (χ0n) is 21.4. The fourth-order valence-electron chi connectivity index (χ4n) is 4.28. The minimum atomic E-state index is -0.312. The molecule has 0 radical (unpaired) electrons. The van der Waals surface area contributed by atoms with Gasteiger partial charge in [0.15, 0.2) is 0 Å². The van der Waals surface area contributed by atoms with Crippen molar-refractivity contribution in [1.82, 2.24) is 10.3 Å². The molecular formula is C30H37N3O2. The minimum Gasteiger partial charge on any atom is -0.459 e. The smallest absolute Gasteiger partial charge is 0.338 e. The van der Waals surface area contributed by atoms with Gasteiger partial charge in [-0.05, 0) is 105 Å². The number of nitrogens with one attached hydrogen (secondary N) is 1. The van der Waals surface area contributed by atoms with Crippen molar-refractivity contribution >= 4 is 29.9 Å². The zero-order chi connectivity index (χ0) is 25.6. The highest BCUT2D eigenvalue weighted by molar-refractivity contribution is 5.97. The Balaban J connectivity index is 1.93. The second-order valence-electron chi connectivity index (χ2n) is 9.57. The Bertz CT molecular complexity index is 1260. The lowest BCUT2D eigenvalue weighted by Crippen LogP contribution is -2.42. The number of hydrogen-bond acceptors (Lipinski definition) is 5. The zero-order valence-corrected chi connectivity index (χ0v) is 21.4. The third-order valence-corrected chi connectivity index (χ3v) is 6.55. The quantitative estimate of drug-likeness (QED) is 0.464. The molecule has 1 aliphatic rings. The van der Waals surface area contributed by atoms with Crippen LogP contribution in [-0.4, -0.2) is 22.6 Å². The van der Waals surface area contributed by atoms with Crippen molar-refractivity contribution in [3.8, 4) is 0 Å². The summed E-state index contributed by atoms with van der Waals surface area (Å²) in [5.74, 6) is -0.312. The van der Waals surface area contributed by atoms with Gasteiger partial charge in [0.25, 0.3) is 0 Å². The lowest BCUT2D eigenvalue weighted by Gasteiger charge is -2.33. The summed E-state index contributed by atoms with van der Waals surface area (Å²) in [5.41, 5.74) is 11.2. The molecule has 0 saturated heterocycles. The van der Waals surface area contributed by atoms with Crippen LogP contribution >= 0.6 is 0 Å². The Hall–Kier alpha value is -3.44. The molecule has 1 heterocycles.